The Hall–Kier alpha value is -4.66. The zero-order chi connectivity index (χ0) is 26.5. The number of benzene rings is 3. The van der Waals surface area contributed by atoms with Crippen LogP contribution in [0.15, 0.2) is 91.0 Å². The topological polar surface area (TPSA) is 131 Å². The van der Waals surface area contributed by atoms with Gasteiger partial charge in [-0.15, -0.1) is 0 Å². The number of carboxylic acids is 1. The van der Waals surface area contributed by atoms with E-state index < -0.39 is 42.4 Å². The molecule has 2 atom stereocenters. The fraction of sp³-hybridized carbons (Fsp3) is 0.214. The second kappa shape index (κ2) is 14.0. The van der Waals surface area contributed by atoms with E-state index >= 15 is 0 Å². The second-order valence-corrected chi connectivity index (χ2v) is 8.20. The molecule has 0 heterocycles. The van der Waals surface area contributed by atoms with Gasteiger partial charge in [-0.25, -0.2) is 9.59 Å². The van der Waals surface area contributed by atoms with Crippen LogP contribution in [-0.4, -0.2) is 41.1 Å². The van der Waals surface area contributed by atoms with Crippen LogP contribution >= 0.6 is 0 Å². The molecule has 0 bridgehead atoms. The van der Waals surface area contributed by atoms with Crippen LogP contribution in [-0.2, 0) is 43.5 Å². The van der Waals surface area contributed by atoms with Crippen LogP contribution in [0.1, 0.15) is 23.1 Å². The number of rotatable bonds is 12. The predicted molar refractivity (Wildman–Crippen MR) is 134 cm³/mol. The van der Waals surface area contributed by atoms with Gasteiger partial charge in [-0.1, -0.05) is 91.0 Å². The number of nitrogens with one attached hydrogen (secondary N) is 2. The number of esters is 1. The molecule has 0 spiro atoms. The van der Waals surface area contributed by atoms with E-state index in [0.29, 0.717) is 0 Å². The zero-order valence-corrected chi connectivity index (χ0v) is 20.0. The maximum atomic E-state index is 13.0. The molecule has 0 aliphatic rings. The van der Waals surface area contributed by atoms with Crippen LogP contribution in [0.2, 0.25) is 0 Å². The summed E-state index contributed by atoms with van der Waals surface area (Å²) >= 11 is 0. The quantitative estimate of drug-likeness (QED) is 0.323. The molecule has 0 aliphatic heterocycles. The summed E-state index contributed by atoms with van der Waals surface area (Å²) in [5, 5.41) is 14.4. The third-order valence-corrected chi connectivity index (χ3v) is 5.33. The first-order valence-corrected chi connectivity index (χ1v) is 11.6. The lowest BCUT2D eigenvalue weighted by atomic mass is 10.0. The molecule has 0 radical (unpaired) electrons. The van der Waals surface area contributed by atoms with E-state index in [9.17, 15) is 24.3 Å². The minimum atomic E-state index is -1.55. The third-order valence-electron chi connectivity index (χ3n) is 5.33. The molecule has 0 aromatic heterocycles. The van der Waals surface area contributed by atoms with E-state index in [1.807, 2.05) is 18.2 Å². The van der Waals surface area contributed by atoms with Gasteiger partial charge in [0.25, 0.3) is 0 Å². The van der Waals surface area contributed by atoms with Crippen LogP contribution in [0, 0.1) is 0 Å². The van der Waals surface area contributed by atoms with Crippen LogP contribution in [0.5, 0.6) is 0 Å². The Morgan fingerprint density at radius 2 is 1.14 bits per heavy atom. The number of hydrogen-bond acceptors (Lipinski definition) is 6. The first-order valence-electron chi connectivity index (χ1n) is 11.6. The van der Waals surface area contributed by atoms with Crippen LogP contribution < -0.4 is 10.6 Å². The molecule has 2 amide bonds. The second-order valence-electron chi connectivity index (χ2n) is 8.20. The molecule has 0 aliphatic carbocycles. The first-order chi connectivity index (χ1) is 17.9. The zero-order valence-electron chi connectivity index (χ0n) is 20.0. The van der Waals surface area contributed by atoms with Gasteiger partial charge in [0, 0.05) is 6.42 Å². The Bertz CT molecular complexity index is 1170. The third kappa shape index (κ3) is 9.48. The lowest BCUT2D eigenvalue weighted by molar-refractivity contribution is -0.151. The first kappa shape index (κ1) is 26.9. The van der Waals surface area contributed by atoms with Gasteiger partial charge in [-0.2, -0.15) is 0 Å². The monoisotopic (exact) mass is 504 g/mol. The van der Waals surface area contributed by atoms with Gasteiger partial charge in [0.2, 0.25) is 5.91 Å². The lowest BCUT2D eigenvalue weighted by Crippen LogP contribution is -2.53. The van der Waals surface area contributed by atoms with E-state index in [2.05, 4.69) is 10.6 Å². The van der Waals surface area contributed by atoms with Crippen molar-refractivity contribution >= 4 is 23.9 Å². The van der Waals surface area contributed by atoms with Crippen molar-refractivity contribution in [2.24, 2.45) is 0 Å². The Kier molecular flexibility index (Phi) is 10.2. The highest BCUT2D eigenvalue weighted by Gasteiger charge is 2.29. The van der Waals surface area contributed by atoms with Crippen molar-refractivity contribution in [1.29, 1.82) is 0 Å². The molecule has 37 heavy (non-hydrogen) atoms. The molecule has 0 fully saturated rings. The van der Waals surface area contributed by atoms with Crippen molar-refractivity contribution in [3.8, 4) is 0 Å². The van der Waals surface area contributed by atoms with Crippen molar-refractivity contribution in [2.45, 2.75) is 38.1 Å². The number of hydrogen-bond donors (Lipinski definition) is 3. The largest absolute Gasteiger partial charge is 0.480 e. The predicted octanol–water partition coefficient (Wildman–Crippen LogP) is 3.23. The molecule has 192 valence electrons. The number of amides is 2. The van der Waals surface area contributed by atoms with Gasteiger partial charge in [0.15, 0.2) is 0 Å². The highest BCUT2D eigenvalue weighted by Crippen LogP contribution is 2.08. The van der Waals surface area contributed by atoms with E-state index in [4.69, 9.17) is 9.47 Å². The molecule has 9 heteroatoms. The average molecular weight is 505 g/mol. The summed E-state index contributed by atoms with van der Waals surface area (Å²) in [4.78, 5) is 49.5. The number of ether oxygens (including phenoxy) is 2. The highest BCUT2D eigenvalue weighted by molar-refractivity contribution is 5.91. The number of carbonyl (C=O) groups excluding carboxylic acids is 3. The molecular formula is C28H28N2O7. The van der Waals surface area contributed by atoms with Crippen LogP contribution in [0.25, 0.3) is 0 Å². The van der Waals surface area contributed by atoms with E-state index in [0.717, 1.165) is 16.7 Å². The molecule has 3 N–H and O–H groups in total. The number of alkyl carbamates (subject to hydrolysis) is 1. The maximum Gasteiger partial charge on any atom is 0.408 e. The average Bonchev–Trinajstić information content (AvgIpc) is 2.91. The molecule has 3 aromatic carbocycles. The molecule has 9 nitrogen and oxygen atoms in total. The molecule has 3 rings (SSSR count). The summed E-state index contributed by atoms with van der Waals surface area (Å²) in [6.45, 7) is -0.0250. The fourth-order valence-electron chi connectivity index (χ4n) is 3.40. The Labute approximate surface area is 214 Å². The SMILES string of the molecule is O=C(C[C@H](NC(=O)[C@H](Cc1ccccc1)NC(=O)OCc1ccccc1)C(=O)O)OCc1ccccc1. The summed E-state index contributed by atoms with van der Waals surface area (Å²) in [7, 11) is 0. The minimum absolute atomic E-state index is 0.00262. The minimum Gasteiger partial charge on any atom is -0.480 e. The summed E-state index contributed by atoms with van der Waals surface area (Å²) in [5.74, 6) is -2.97. The highest BCUT2D eigenvalue weighted by atomic mass is 16.5. The molecule has 0 saturated carbocycles. The van der Waals surface area contributed by atoms with Crippen molar-refractivity contribution in [1.82, 2.24) is 10.6 Å². The summed E-state index contributed by atoms with van der Waals surface area (Å²) < 4.78 is 10.4. The molecule has 0 saturated heterocycles. The van der Waals surface area contributed by atoms with E-state index in [1.165, 1.54) is 0 Å². The van der Waals surface area contributed by atoms with Gasteiger partial charge in [-0.3, -0.25) is 9.59 Å². The smallest absolute Gasteiger partial charge is 0.408 e. The standard InChI is InChI=1S/C28H28N2O7/c31-25(36-18-21-12-6-2-7-13-21)17-24(27(33)34)29-26(32)23(16-20-10-4-1-5-11-20)30-28(35)37-19-22-14-8-3-9-15-22/h1-15,23-24H,16-19H2,(H,29,32)(H,30,35)(H,33,34)/t23-,24-/m0/s1. The Morgan fingerprint density at radius 1 is 0.649 bits per heavy atom. The number of aliphatic carboxylic acids is 1. The van der Waals surface area contributed by atoms with Gasteiger partial charge >= 0.3 is 18.0 Å². The van der Waals surface area contributed by atoms with Gasteiger partial charge in [0.05, 0.1) is 6.42 Å². The normalized spacial score (nSPS) is 12.0. The van der Waals surface area contributed by atoms with E-state index in [1.54, 1.807) is 72.8 Å². The molecular weight excluding hydrogens is 476 g/mol. The Balaban J connectivity index is 1.61. The summed E-state index contributed by atoms with van der Waals surface area (Å²) in [6, 6.07) is 24.2. The fourth-order valence-corrected chi connectivity index (χ4v) is 3.40. The van der Waals surface area contributed by atoms with E-state index in [-0.39, 0.29) is 19.6 Å². The van der Waals surface area contributed by atoms with Gasteiger partial charge in [0.1, 0.15) is 25.3 Å². The van der Waals surface area contributed by atoms with Crippen molar-refractivity contribution in [2.75, 3.05) is 0 Å². The van der Waals surface area contributed by atoms with Crippen molar-refractivity contribution in [3.63, 3.8) is 0 Å². The van der Waals surface area contributed by atoms with Crippen molar-refractivity contribution < 1.29 is 33.8 Å². The van der Waals surface area contributed by atoms with Crippen molar-refractivity contribution in [3.05, 3.63) is 108 Å². The van der Waals surface area contributed by atoms with Crippen LogP contribution in [0.4, 0.5) is 4.79 Å². The van der Waals surface area contributed by atoms with Gasteiger partial charge in [-0.05, 0) is 16.7 Å². The molecule has 0 unspecified atom stereocenters. The van der Waals surface area contributed by atoms with Gasteiger partial charge < -0.3 is 25.2 Å². The van der Waals surface area contributed by atoms with Crippen LogP contribution in [0.3, 0.4) is 0 Å². The number of carboxylic acid groups (broad SMARTS) is 1. The maximum absolute atomic E-state index is 13.0. The number of carbonyl (C=O) groups is 4. The Morgan fingerprint density at radius 3 is 1.65 bits per heavy atom. The lowest BCUT2D eigenvalue weighted by Gasteiger charge is -2.21. The summed E-state index contributed by atoms with van der Waals surface area (Å²) in [6.07, 6.45) is -1.34. The summed E-state index contributed by atoms with van der Waals surface area (Å²) in [5.41, 5.74) is 2.25. The molecule has 3 aromatic rings.